The molecule has 0 unspecified atom stereocenters. The van der Waals surface area contributed by atoms with Gasteiger partial charge in [-0.25, -0.2) is 22.8 Å². The third kappa shape index (κ3) is 3.02. The zero-order chi connectivity index (χ0) is 18.1. The van der Waals surface area contributed by atoms with Crippen LogP contribution in [0, 0.1) is 5.82 Å². The molecule has 2 aromatic heterocycles. The zero-order valence-electron chi connectivity index (χ0n) is 13.3. The molecule has 0 spiro atoms. The summed E-state index contributed by atoms with van der Waals surface area (Å²) in [6.45, 7) is 0. The number of fused-ring (bicyclic) bond motifs is 1. The second-order valence-electron chi connectivity index (χ2n) is 5.60. The number of aromatic amines is 1. The van der Waals surface area contributed by atoms with Gasteiger partial charge in [-0.15, -0.1) is 0 Å². The van der Waals surface area contributed by atoms with Crippen LogP contribution in [-0.4, -0.2) is 23.4 Å². The molecule has 0 aliphatic rings. The monoisotopic (exact) mass is 368 g/mol. The molecule has 2 N–H and O–H groups in total. The average molecular weight is 368 g/mol. The first-order chi connectivity index (χ1) is 12.5. The van der Waals surface area contributed by atoms with Crippen LogP contribution < -0.4 is 4.72 Å². The lowest BCUT2D eigenvalue weighted by atomic mass is 10.1. The molecule has 2 heterocycles. The SMILES string of the molecule is O=S(=O)(Nc1ccc(-c2ncnc3[nH]ccc23)cc1)c1cccc(F)c1. The Morgan fingerprint density at radius 2 is 1.81 bits per heavy atom. The van der Waals surface area contributed by atoms with Crippen LogP contribution in [0.5, 0.6) is 0 Å². The summed E-state index contributed by atoms with van der Waals surface area (Å²) < 4.78 is 40.4. The van der Waals surface area contributed by atoms with Gasteiger partial charge in [0.05, 0.1) is 10.6 Å². The average Bonchev–Trinajstić information content (AvgIpc) is 3.11. The van der Waals surface area contributed by atoms with E-state index in [9.17, 15) is 12.8 Å². The minimum Gasteiger partial charge on any atom is -0.346 e. The molecule has 0 fully saturated rings. The van der Waals surface area contributed by atoms with E-state index in [1.54, 1.807) is 30.5 Å². The van der Waals surface area contributed by atoms with Gasteiger partial charge in [-0.2, -0.15) is 0 Å². The van der Waals surface area contributed by atoms with Gasteiger partial charge in [0, 0.05) is 22.8 Å². The molecule has 0 saturated heterocycles. The number of halogens is 1. The molecule has 0 aliphatic heterocycles. The molecule has 8 heteroatoms. The summed E-state index contributed by atoms with van der Waals surface area (Å²) in [5.41, 5.74) is 2.67. The lowest BCUT2D eigenvalue weighted by Gasteiger charge is -2.09. The van der Waals surface area contributed by atoms with Crippen LogP contribution in [0.1, 0.15) is 0 Å². The summed E-state index contributed by atoms with van der Waals surface area (Å²) in [6.07, 6.45) is 3.25. The maximum Gasteiger partial charge on any atom is 0.261 e. The summed E-state index contributed by atoms with van der Waals surface area (Å²) >= 11 is 0. The molecular formula is C18H13FN4O2S. The van der Waals surface area contributed by atoms with Crippen molar-refractivity contribution in [2.75, 3.05) is 4.72 Å². The van der Waals surface area contributed by atoms with E-state index >= 15 is 0 Å². The zero-order valence-corrected chi connectivity index (χ0v) is 14.2. The number of benzene rings is 2. The number of nitrogens with one attached hydrogen (secondary N) is 2. The molecule has 6 nitrogen and oxygen atoms in total. The van der Waals surface area contributed by atoms with Gasteiger partial charge in [0.2, 0.25) is 0 Å². The number of nitrogens with zero attached hydrogens (tertiary/aromatic N) is 2. The van der Waals surface area contributed by atoms with Gasteiger partial charge in [0.1, 0.15) is 17.8 Å². The highest BCUT2D eigenvalue weighted by Crippen LogP contribution is 2.26. The van der Waals surface area contributed by atoms with Crippen molar-refractivity contribution in [1.29, 1.82) is 0 Å². The molecule has 0 bridgehead atoms. The molecule has 0 amide bonds. The number of sulfonamides is 1. The number of aromatic nitrogens is 3. The standard InChI is InChI=1S/C18H13FN4O2S/c19-13-2-1-3-15(10-13)26(24,25)23-14-6-4-12(5-7-14)17-16-8-9-20-18(16)22-11-21-17/h1-11,23H,(H,20,21,22). The first kappa shape index (κ1) is 16.2. The summed E-state index contributed by atoms with van der Waals surface area (Å²) in [4.78, 5) is 11.3. The summed E-state index contributed by atoms with van der Waals surface area (Å²) in [5, 5.41) is 0.876. The highest BCUT2D eigenvalue weighted by atomic mass is 32.2. The molecule has 26 heavy (non-hydrogen) atoms. The topological polar surface area (TPSA) is 87.7 Å². The number of H-pyrrole nitrogens is 1. The lowest BCUT2D eigenvalue weighted by Crippen LogP contribution is -2.13. The molecule has 4 rings (SSSR count). The third-order valence-electron chi connectivity index (χ3n) is 3.87. The highest BCUT2D eigenvalue weighted by molar-refractivity contribution is 7.92. The van der Waals surface area contributed by atoms with Crippen LogP contribution >= 0.6 is 0 Å². The Morgan fingerprint density at radius 1 is 1.00 bits per heavy atom. The van der Waals surface area contributed by atoms with Gasteiger partial charge >= 0.3 is 0 Å². The quantitative estimate of drug-likeness (QED) is 0.576. The first-order valence-corrected chi connectivity index (χ1v) is 9.18. The van der Waals surface area contributed by atoms with Gasteiger partial charge in [-0.1, -0.05) is 18.2 Å². The molecule has 0 saturated carbocycles. The molecule has 130 valence electrons. The van der Waals surface area contributed by atoms with Crippen LogP contribution in [0.3, 0.4) is 0 Å². The van der Waals surface area contributed by atoms with Crippen molar-refractivity contribution in [2.45, 2.75) is 4.90 Å². The molecule has 2 aromatic carbocycles. The molecule has 0 aliphatic carbocycles. The minimum absolute atomic E-state index is 0.133. The Morgan fingerprint density at radius 3 is 2.58 bits per heavy atom. The number of hydrogen-bond donors (Lipinski definition) is 2. The largest absolute Gasteiger partial charge is 0.346 e. The fourth-order valence-corrected chi connectivity index (χ4v) is 3.74. The normalized spacial score (nSPS) is 11.6. The van der Waals surface area contributed by atoms with E-state index in [2.05, 4.69) is 19.7 Å². The predicted molar refractivity (Wildman–Crippen MR) is 96.5 cm³/mol. The second kappa shape index (κ2) is 6.23. The van der Waals surface area contributed by atoms with E-state index < -0.39 is 15.8 Å². The van der Waals surface area contributed by atoms with Gasteiger partial charge in [0.25, 0.3) is 10.0 Å². The van der Waals surface area contributed by atoms with Gasteiger partial charge in [-0.05, 0) is 36.4 Å². The Hall–Kier alpha value is -3.26. The van der Waals surface area contributed by atoms with E-state index in [1.807, 2.05) is 6.07 Å². The van der Waals surface area contributed by atoms with Crippen LogP contribution in [0.25, 0.3) is 22.3 Å². The smallest absolute Gasteiger partial charge is 0.261 e. The Labute approximate surface area is 148 Å². The Kier molecular flexibility index (Phi) is 3.89. The van der Waals surface area contributed by atoms with E-state index in [1.165, 1.54) is 24.5 Å². The van der Waals surface area contributed by atoms with Crippen molar-refractivity contribution in [2.24, 2.45) is 0 Å². The van der Waals surface area contributed by atoms with Crippen molar-refractivity contribution >= 4 is 26.7 Å². The molecule has 0 atom stereocenters. The minimum atomic E-state index is -3.86. The summed E-state index contributed by atoms with van der Waals surface area (Å²) in [5.74, 6) is -0.609. The van der Waals surface area contributed by atoms with Crippen molar-refractivity contribution in [3.05, 3.63) is 72.9 Å². The van der Waals surface area contributed by atoms with Crippen LogP contribution in [0.4, 0.5) is 10.1 Å². The number of hydrogen-bond acceptors (Lipinski definition) is 4. The van der Waals surface area contributed by atoms with Gasteiger partial charge in [-0.3, -0.25) is 4.72 Å². The fourth-order valence-electron chi connectivity index (χ4n) is 2.65. The van der Waals surface area contributed by atoms with E-state index in [0.717, 1.165) is 28.4 Å². The van der Waals surface area contributed by atoms with E-state index in [4.69, 9.17) is 0 Å². The fraction of sp³-hybridized carbons (Fsp3) is 0. The summed E-state index contributed by atoms with van der Waals surface area (Å²) in [7, 11) is -3.86. The van der Waals surface area contributed by atoms with Crippen molar-refractivity contribution < 1.29 is 12.8 Å². The third-order valence-corrected chi connectivity index (χ3v) is 5.25. The van der Waals surface area contributed by atoms with Crippen molar-refractivity contribution in [3.8, 4) is 11.3 Å². The van der Waals surface area contributed by atoms with Gasteiger partial charge < -0.3 is 4.98 Å². The molecular weight excluding hydrogens is 355 g/mol. The summed E-state index contributed by atoms with van der Waals surface area (Å²) in [6, 6.07) is 13.5. The van der Waals surface area contributed by atoms with Crippen LogP contribution in [-0.2, 0) is 10.0 Å². The predicted octanol–water partition coefficient (Wildman–Crippen LogP) is 3.56. The van der Waals surface area contributed by atoms with Crippen molar-refractivity contribution in [3.63, 3.8) is 0 Å². The lowest BCUT2D eigenvalue weighted by molar-refractivity contribution is 0.595. The maximum atomic E-state index is 13.3. The molecule has 4 aromatic rings. The van der Waals surface area contributed by atoms with E-state index in [-0.39, 0.29) is 4.90 Å². The molecule has 0 radical (unpaired) electrons. The number of rotatable bonds is 4. The van der Waals surface area contributed by atoms with Crippen molar-refractivity contribution in [1.82, 2.24) is 15.0 Å². The Balaban J connectivity index is 1.63. The first-order valence-electron chi connectivity index (χ1n) is 7.70. The van der Waals surface area contributed by atoms with Crippen LogP contribution in [0.2, 0.25) is 0 Å². The highest BCUT2D eigenvalue weighted by Gasteiger charge is 2.15. The van der Waals surface area contributed by atoms with Crippen LogP contribution in [0.15, 0.2) is 72.0 Å². The number of anilines is 1. The van der Waals surface area contributed by atoms with E-state index in [0.29, 0.717) is 5.69 Å². The van der Waals surface area contributed by atoms with Gasteiger partial charge in [0.15, 0.2) is 0 Å². The Bertz CT molecular complexity index is 1190. The second-order valence-corrected chi connectivity index (χ2v) is 7.28. The maximum absolute atomic E-state index is 13.3.